The number of aliphatic hydroxyl groups is 1. The smallest absolute Gasteiger partial charge is 0.326 e. The number of β-amino-alcohol motifs (C(OH)–C–C–N with tert-alkyl or cyclic N) is 1. The van der Waals surface area contributed by atoms with E-state index in [1.54, 1.807) is 13.8 Å². The molecule has 0 spiro atoms. The number of hydrogen-bond acceptors (Lipinski definition) is 15. The van der Waals surface area contributed by atoms with E-state index in [-0.39, 0.29) is 56.9 Å². The molecule has 10 amide bonds. The third-order valence-electron chi connectivity index (χ3n) is 12.3. The number of nitrogens with one attached hydrogen (secondary N) is 9. The molecule has 15 N–H and O–H groups in total. The van der Waals surface area contributed by atoms with Gasteiger partial charge in [0.1, 0.15) is 48.0 Å². The van der Waals surface area contributed by atoms with Crippen molar-refractivity contribution in [1.29, 1.82) is 0 Å². The second-order valence-corrected chi connectivity index (χ2v) is 19.1. The highest BCUT2D eigenvalue weighted by atomic mass is 16.4. The Kier molecular flexibility index (Phi) is 25.3. The van der Waals surface area contributed by atoms with Gasteiger partial charge < -0.3 is 78.9 Å². The average molecular weight is 1060 g/mol. The number of carboxylic acid groups (broad SMARTS) is 2. The number of unbranched alkanes of at least 4 members (excludes halogenated alkanes) is 2. The lowest BCUT2D eigenvalue weighted by Crippen LogP contribution is -2.60. The Balaban J connectivity index is 1.74. The van der Waals surface area contributed by atoms with Gasteiger partial charge in [0.25, 0.3) is 0 Å². The largest absolute Gasteiger partial charge is 0.508 e. The molecule has 9 atom stereocenters. The van der Waals surface area contributed by atoms with E-state index >= 15 is 0 Å². The number of amides is 10. The van der Waals surface area contributed by atoms with Gasteiger partial charge in [-0.15, -0.1) is 0 Å². The minimum absolute atomic E-state index is 0.00951. The number of rotatable bonds is 31. The van der Waals surface area contributed by atoms with Gasteiger partial charge in [0.05, 0.1) is 31.7 Å². The van der Waals surface area contributed by atoms with Crippen molar-refractivity contribution < 1.29 is 78.0 Å². The highest BCUT2D eigenvalue weighted by molar-refractivity contribution is 5.98. The Morgan fingerprint density at radius 1 is 0.720 bits per heavy atom. The number of carbonyl (C=O) groups is 12. The molecule has 0 aromatic heterocycles. The average Bonchev–Trinajstić information content (AvgIpc) is 4.03. The SMILES string of the molecule is CCCCC[C@H](NC(=O)[C@@H]1CCCN1C(=O)CNC(=O)[C@H](C)NC(=O)[C@H](CC(C)C)NC(=O)[C@H](Cc1ccc(O)cc1)NC(=O)[C@H](CC(=O)O)NC(=O)[C@H](CCC(N)=O)NC(=O)CNC(=O)[C@@H]1C[C@@H](O)CN1)C(=O)O. The van der Waals surface area contributed by atoms with Crippen LogP contribution in [0.1, 0.15) is 104 Å². The molecule has 27 heteroatoms. The summed E-state index contributed by atoms with van der Waals surface area (Å²) >= 11 is 0. The second kappa shape index (κ2) is 30.7. The summed E-state index contributed by atoms with van der Waals surface area (Å²) in [6.07, 6.45) is 0.236. The minimum Gasteiger partial charge on any atom is -0.508 e. The van der Waals surface area contributed by atoms with E-state index in [1.807, 2.05) is 6.92 Å². The van der Waals surface area contributed by atoms with Crippen molar-refractivity contribution in [3.05, 3.63) is 29.8 Å². The Hall–Kier alpha value is -7.42. The van der Waals surface area contributed by atoms with Crippen LogP contribution >= 0.6 is 0 Å². The van der Waals surface area contributed by atoms with Crippen molar-refractivity contribution in [2.45, 2.75) is 159 Å². The van der Waals surface area contributed by atoms with Crippen LogP contribution in [0, 0.1) is 5.92 Å². The third kappa shape index (κ3) is 21.5. The molecule has 416 valence electrons. The molecule has 27 nitrogen and oxygen atoms in total. The van der Waals surface area contributed by atoms with Gasteiger partial charge in [-0.25, -0.2) is 4.79 Å². The molecule has 0 aliphatic carbocycles. The second-order valence-electron chi connectivity index (χ2n) is 19.1. The van der Waals surface area contributed by atoms with Crippen molar-refractivity contribution in [3.8, 4) is 5.75 Å². The lowest BCUT2D eigenvalue weighted by molar-refractivity contribution is -0.144. The predicted molar refractivity (Wildman–Crippen MR) is 264 cm³/mol. The molecule has 3 rings (SSSR count). The summed E-state index contributed by atoms with van der Waals surface area (Å²) in [7, 11) is 0. The zero-order chi connectivity index (χ0) is 55.9. The van der Waals surface area contributed by atoms with Gasteiger partial charge in [-0.3, -0.25) is 52.7 Å². The van der Waals surface area contributed by atoms with Crippen molar-refractivity contribution in [3.63, 3.8) is 0 Å². The number of nitrogens with two attached hydrogens (primary N) is 1. The van der Waals surface area contributed by atoms with Crippen LogP contribution in [0.25, 0.3) is 0 Å². The topological polar surface area (TPSA) is 423 Å². The highest BCUT2D eigenvalue weighted by Crippen LogP contribution is 2.19. The van der Waals surface area contributed by atoms with Crippen LogP contribution < -0.4 is 53.6 Å². The molecule has 2 aliphatic heterocycles. The Morgan fingerprint density at radius 3 is 1.95 bits per heavy atom. The van der Waals surface area contributed by atoms with E-state index in [4.69, 9.17) is 5.73 Å². The molecular formula is C48H73N11O16. The number of benzene rings is 1. The minimum atomic E-state index is -1.92. The summed E-state index contributed by atoms with van der Waals surface area (Å²) in [4.78, 5) is 157. The van der Waals surface area contributed by atoms with Crippen LogP contribution in [0.4, 0.5) is 0 Å². The zero-order valence-electron chi connectivity index (χ0n) is 42.6. The monoisotopic (exact) mass is 1060 g/mol. The van der Waals surface area contributed by atoms with Gasteiger partial charge in [0.15, 0.2) is 0 Å². The third-order valence-corrected chi connectivity index (χ3v) is 12.3. The van der Waals surface area contributed by atoms with Gasteiger partial charge in [-0.05, 0) is 69.1 Å². The molecule has 0 bridgehead atoms. The Labute approximate surface area is 433 Å². The summed E-state index contributed by atoms with van der Waals surface area (Å²) in [6, 6.07) is -5.20. The van der Waals surface area contributed by atoms with Crippen LogP contribution in [-0.4, -0.2) is 177 Å². The number of primary amides is 1. The normalized spacial score (nSPS) is 18.4. The number of aliphatic hydroxyl groups excluding tert-OH is 1. The van der Waals surface area contributed by atoms with Gasteiger partial charge in [-0.2, -0.15) is 0 Å². The Morgan fingerprint density at radius 2 is 1.35 bits per heavy atom. The first-order valence-electron chi connectivity index (χ1n) is 25.0. The molecular weight excluding hydrogens is 987 g/mol. The number of likely N-dealkylation sites (tertiary alicyclic amines) is 1. The fourth-order valence-corrected chi connectivity index (χ4v) is 8.25. The first-order chi connectivity index (χ1) is 35.4. The molecule has 2 fully saturated rings. The van der Waals surface area contributed by atoms with Gasteiger partial charge in [0, 0.05) is 25.9 Å². The maximum Gasteiger partial charge on any atom is 0.326 e. The molecule has 2 saturated heterocycles. The van der Waals surface area contributed by atoms with E-state index in [0.29, 0.717) is 18.4 Å². The number of aromatic hydroxyl groups is 1. The van der Waals surface area contributed by atoms with E-state index < -0.39 is 158 Å². The predicted octanol–water partition coefficient (Wildman–Crippen LogP) is -3.74. The fourth-order valence-electron chi connectivity index (χ4n) is 8.25. The molecule has 2 aliphatic rings. The van der Waals surface area contributed by atoms with E-state index in [1.165, 1.54) is 36.1 Å². The maximum atomic E-state index is 14.2. The number of aliphatic carboxylic acids is 2. The van der Waals surface area contributed by atoms with Crippen LogP contribution in [0.3, 0.4) is 0 Å². The maximum absolute atomic E-state index is 14.2. The number of phenols is 1. The van der Waals surface area contributed by atoms with Gasteiger partial charge in [0.2, 0.25) is 59.1 Å². The molecule has 0 saturated carbocycles. The summed E-state index contributed by atoms with van der Waals surface area (Å²) in [6.45, 7) is 5.86. The summed E-state index contributed by atoms with van der Waals surface area (Å²) in [5, 5.41) is 61.1. The van der Waals surface area contributed by atoms with Gasteiger partial charge >= 0.3 is 11.9 Å². The molecule has 0 unspecified atom stereocenters. The quantitative estimate of drug-likeness (QED) is 0.0318. The first kappa shape index (κ1) is 61.9. The Bertz CT molecular complexity index is 2210. The van der Waals surface area contributed by atoms with Gasteiger partial charge in [-0.1, -0.05) is 52.2 Å². The van der Waals surface area contributed by atoms with E-state index in [2.05, 4.69) is 47.9 Å². The van der Waals surface area contributed by atoms with Crippen LogP contribution in [0.15, 0.2) is 24.3 Å². The molecule has 1 aromatic rings. The number of carboxylic acids is 2. The number of hydrogen-bond donors (Lipinski definition) is 14. The fraction of sp³-hybridized carbons (Fsp3) is 0.625. The van der Waals surface area contributed by atoms with Crippen LogP contribution in [0.5, 0.6) is 5.75 Å². The molecule has 0 radical (unpaired) electrons. The summed E-state index contributed by atoms with van der Waals surface area (Å²) < 4.78 is 0. The summed E-state index contributed by atoms with van der Waals surface area (Å²) in [5.74, 6) is -11.8. The number of nitrogens with zero attached hydrogens (tertiary/aromatic N) is 1. The lowest BCUT2D eigenvalue weighted by atomic mass is 10.00. The number of phenolic OH excluding ortho intramolecular Hbond substituents is 1. The standard InChI is InChI=1S/C48H73N11O16/c1-5-6-7-9-31(48(74)75)55-47(73)36-10-8-17-59(36)39(64)24-52-41(67)26(4)53-44(70)33(18-25(2)3)56-45(71)34(19-27-11-13-28(60)14-12-27)57-46(72)35(21-40(65)66)58-43(69)30(15-16-37(49)62)54-38(63)23-51-42(68)32-20-29(61)22-50-32/h11-14,25-26,29-36,50,60-61H,5-10,15-24H2,1-4H3,(H2,49,62)(H,51,68)(H,52,67)(H,53,70)(H,54,63)(H,55,73)(H,56,71)(H,57,72)(H,58,69)(H,65,66)(H,74,75)/t26-,29+,30-,31-,32-,33-,34-,35-,36-/m0/s1. The van der Waals surface area contributed by atoms with Crippen molar-refractivity contribution in [2.24, 2.45) is 11.7 Å². The lowest BCUT2D eigenvalue weighted by Gasteiger charge is -2.27. The van der Waals surface area contributed by atoms with Crippen molar-refractivity contribution in [2.75, 3.05) is 26.2 Å². The molecule has 75 heavy (non-hydrogen) atoms. The first-order valence-corrected chi connectivity index (χ1v) is 25.0. The molecule has 1 aromatic carbocycles. The van der Waals surface area contributed by atoms with E-state index in [9.17, 15) is 78.0 Å². The van der Waals surface area contributed by atoms with Crippen LogP contribution in [0.2, 0.25) is 0 Å². The van der Waals surface area contributed by atoms with E-state index in [0.717, 1.165) is 12.8 Å². The molecule has 2 heterocycles. The number of carbonyl (C=O) groups excluding carboxylic acids is 10. The summed E-state index contributed by atoms with van der Waals surface area (Å²) in [5.41, 5.74) is 5.65. The van der Waals surface area contributed by atoms with Crippen molar-refractivity contribution >= 4 is 71.0 Å². The zero-order valence-corrected chi connectivity index (χ0v) is 42.6. The highest BCUT2D eigenvalue weighted by Gasteiger charge is 2.37. The van der Waals surface area contributed by atoms with Crippen molar-refractivity contribution in [1.82, 2.24) is 52.8 Å². The van der Waals surface area contributed by atoms with Crippen LogP contribution in [-0.2, 0) is 64.0 Å².